The molecule has 0 aliphatic rings. The van der Waals surface area contributed by atoms with Crippen molar-refractivity contribution in [2.45, 2.75) is 58.9 Å². The Kier molecular flexibility index (Phi) is 8.80. The molecule has 0 aromatic carbocycles. The van der Waals surface area contributed by atoms with Crippen LogP contribution >= 0.6 is 7.75 Å². The molecule has 0 aromatic heterocycles. The standard InChI is InChI=1S/C12H25N2O7P/c1-7(2)20-22(19,21-8(3)4)14-9(5)11(16)13-10(6-15)12(17)18/h7-10,15H,6H2,1-5H3,(H,13,16)(H,14,19)(H,17,18)/t9-,10-/m0/s1. The molecule has 9 nitrogen and oxygen atoms in total. The van der Waals surface area contributed by atoms with E-state index in [1.807, 2.05) is 0 Å². The fourth-order valence-corrected chi connectivity index (χ4v) is 3.29. The van der Waals surface area contributed by atoms with Gasteiger partial charge >= 0.3 is 13.7 Å². The molecule has 0 spiro atoms. The highest BCUT2D eigenvalue weighted by Crippen LogP contribution is 2.46. The Morgan fingerprint density at radius 2 is 1.55 bits per heavy atom. The number of rotatable bonds is 10. The number of aliphatic carboxylic acids is 1. The Hall–Kier alpha value is -0.990. The van der Waals surface area contributed by atoms with Crippen molar-refractivity contribution in [2.24, 2.45) is 0 Å². The van der Waals surface area contributed by atoms with Crippen LogP contribution in [0.1, 0.15) is 34.6 Å². The van der Waals surface area contributed by atoms with E-state index in [2.05, 4.69) is 10.4 Å². The second-order valence-electron chi connectivity index (χ2n) is 5.24. The smallest absolute Gasteiger partial charge is 0.406 e. The van der Waals surface area contributed by atoms with Crippen LogP contribution in [0.4, 0.5) is 0 Å². The number of carboxylic acid groups (broad SMARTS) is 1. The zero-order valence-electron chi connectivity index (χ0n) is 13.4. The lowest BCUT2D eigenvalue weighted by atomic mass is 10.2. The first-order valence-electron chi connectivity index (χ1n) is 6.89. The highest BCUT2D eigenvalue weighted by molar-refractivity contribution is 7.51. The largest absolute Gasteiger partial charge is 0.480 e. The van der Waals surface area contributed by atoms with E-state index < -0.39 is 50.5 Å². The lowest BCUT2D eigenvalue weighted by Gasteiger charge is -2.26. The Morgan fingerprint density at radius 1 is 1.09 bits per heavy atom. The third-order valence-corrected chi connectivity index (χ3v) is 4.34. The molecule has 0 aliphatic carbocycles. The Bertz CT molecular complexity index is 414. The van der Waals surface area contributed by atoms with Crippen molar-refractivity contribution in [1.29, 1.82) is 0 Å². The molecule has 1 amide bonds. The SMILES string of the molecule is CC(C)OP(=O)(N[C@@H](C)C(=O)N[C@@H](CO)C(=O)O)OC(C)C. The van der Waals surface area contributed by atoms with Crippen molar-refractivity contribution in [1.82, 2.24) is 10.4 Å². The van der Waals surface area contributed by atoms with Gasteiger partial charge < -0.3 is 15.5 Å². The van der Waals surface area contributed by atoms with Crippen LogP contribution in [-0.2, 0) is 23.2 Å². The summed E-state index contributed by atoms with van der Waals surface area (Å²) in [6.45, 7) is 7.27. The maximum Gasteiger partial charge on any atom is 0.406 e. The van der Waals surface area contributed by atoms with Crippen molar-refractivity contribution >= 4 is 19.6 Å². The molecule has 130 valence electrons. The second kappa shape index (κ2) is 9.22. The molecule has 0 bridgehead atoms. The van der Waals surface area contributed by atoms with Crippen molar-refractivity contribution < 1.29 is 33.4 Å². The first kappa shape index (κ1) is 21.0. The zero-order chi connectivity index (χ0) is 17.5. The fourth-order valence-electron chi connectivity index (χ4n) is 1.42. The van der Waals surface area contributed by atoms with Crippen LogP contribution in [-0.4, -0.2) is 53.0 Å². The average molecular weight is 340 g/mol. The summed E-state index contributed by atoms with van der Waals surface area (Å²) < 4.78 is 23.0. The Morgan fingerprint density at radius 3 is 1.86 bits per heavy atom. The van der Waals surface area contributed by atoms with Crippen molar-refractivity contribution in [2.75, 3.05) is 6.61 Å². The van der Waals surface area contributed by atoms with E-state index in [0.717, 1.165) is 0 Å². The zero-order valence-corrected chi connectivity index (χ0v) is 14.3. The predicted molar refractivity (Wildman–Crippen MR) is 79.3 cm³/mol. The molecule has 0 heterocycles. The third-order valence-electron chi connectivity index (χ3n) is 2.24. The molecule has 0 aromatic rings. The maximum atomic E-state index is 12.5. The van der Waals surface area contributed by atoms with Crippen molar-refractivity contribution in [3.8, 4) is 0 Å². The van der Waals surface area contributed by atoms with Crippen LogP contribution in [0.5, 0.6) is 0 Å². The normalized spacial score (nSPS) is 14.9. The van der Waals surface area contributed by atoms with Crippen LogP contribution in [0.2, 0.25) is 0 Å². The van der Waals surface area contributed by atoms with Gasteiger partial charge in [0.1, 0.15) is 6.04 Å². The minimum Gasteiger partial charge on any atom is -0.480 e. The van der Waals surface area contributed by atoms with Crippen LogP contribution in [0.3, 0.4) is 0 Å². The molecule has 0 saturated carbocycles. The van der Waals surface area contributed by atoms with Gasteiger partial charge in [0.2, 0.25) is 5.91 Å². The summed E-state index contributed by atoms with van der Waals surface area (Å²) in [4.78, 5) is 22.7. The van der Waals surface area contributed by atoms with E-state index in [0.29, 0.717) is 0 Å². The Balaban J connectivity index is 4.87. The quantitative estimate of drug-likeness (QED) is 0.422. The number of amides is 1. The van der Waals surface area contributed by atoms with Crippen LogP contribution in [0.25, 0.3) is 0 Å². The summed E-state index contributed by atoms with van der Waals surface area (Å²) in [6, 6.07) is -2.48. The first-order chi connectivity index (χ1) is 10.0. The molecule has 0 fully saturated rings. The van der Waals surface area contributed by atoms with Gasteiger partial charge in [-0.15, -0.1) is 0 Å². The number of carbonyl (C=O) groups excluding carboxylic acids is 1. The molecule has 0 aliphatic heterocycles. The van der Waals surface area contributed by atoms with Crippen LogP contribution < -0.4 is 10.4 Å². The average Bonchev–Trinajstić information content (AvgIpc) is 2.32. The molecule has 0 rings (SSSR count). The van der Waals surface area contributed by atoms with E-state index in [1.54, 1.807) is 27.7 Å². The maximum absolute atomic E-state index is 12.5. The van der Waals surface area contributed by atoms with Crippen LogP contribution in [0, 0.1) is 0 Å². The number of carboxylic acids is 1. The topological polar surface area (TPSA) is 134 Å². The van der Waals surface area contributed by atoms with Gasteiger partial charge in [-0.2, -0.15) is 0 Å². The number of nitrogens with one attached hydrogen (secondary N) is 2. The van der Waals surface area contributed by atoms with Gasteiger partial charge in [0.05, 0.1) is 24.9 Å². The van der Waals surface area contributed by atoms with E-state index in [-0.39, 0.29) is 0 Å². The fraction of sp³-hybridized carbons (Fsp3) is 0.833. The van der Waals surface area contributed by atoms with Crippen molar-refractivity contribution in [3.63, 3.8) is 0 Å². The summed E-state index contributed by atoms with van der Waals surface area (Å²) in [7, 11) is -3.74. The molecule has 2 atom stereocenters. The monoisotopic (exact) mass is 340 g/mol. The highest BCUT2D eigenvalue weighted by atomic mass is 31.2. The number of aliphatic hydroxyl groups is 1. The van der Waals surface area contributed by atoms with Crippen LogP contribution in [0.15, 0.2) is 0 Å². The second-order valence-corrected chi connectivity index (χ2v) is 6.91. The molecule has 0 radical (unpaired) electrons. The predicted octanol–water partition coefficient (Wildman–Crippen LogP) is 0.484. The third kappa shape index (κ3) is 7.86. The Labute approximate surface area is 130 Å². The summed E-state index contributed by atoms with van der Waals surface area (Å²) in [5.74, 6) is -2.12. The van der Waals surface area contributed by atoms with Crippen molar-refractivity contribution in [3.05, 3.63) is 0 Å². The molecule has 22 heavy (non-hydrogen) atoms. The summed E-state index contributed by atoms with van der Waals surface area (Å²) in [6.07, 6.45) is -0.812. The molecule has 0 unspecified atom stereocenters. The van der Waals surface area contributed by atoms with Gasteiger partial charge in [0.15, 0.2) is 0 Å². The number of hydrogen-bond acceptors (Lipinski definition) is 6. The summed E-state index contributed by atoms with van der Waals surface area (Å²) in [5, 5.41) is 22.2. The van der Waals surface area contributed by atoms with Gasteiger partial charge in [-0.05, 0) is 34.6 Å². The molecule has 0 saturated heterocycles. The lowest BCUT2D eigenvalue weighted by Crippen LogP contribution is -2.50. The van der Waals surface area contributed by atoms with E-state index in [9.17, 15) is 14.2 Å². The van der Waals surface area contributed by atoms with E-state index in [1.165, 1.54) is 6.92 Å². The first-order valence-corrected chi connectivity index (χ1v) is 8.43. The van der Waals surface area contributed by atoms with Gasteiger partial charge in [-0.1, -0.05) is 0 Å². The lowest BCUT2D eigenvalue weighted by molar-refractivity contribution is -0.143. The molecule has 4 N–H and O–H groups in total. The summed E-state index contributed by atoms with van der Waals surface area (Å²) in [5.41, 5.74) is 0. The summed E-state index contributed by atoms with van der Waals surface area (Å²) >= 11 is 0. The highest BCUT2D eigenvalue weighted by Gasteiger charge is 2.33. The van der Waals surface area contributed by atoms with E-state index in [4.69, 9.17) is 19.3 Å². The van der Waals surface area contributed by atoms with Gasteiger partial charge in [-0.25, -0.2) is 14.4 Å². The number of aliphatic hydroxyl groups excluding tert-OH is 1. The number of hydrogen-bond donors (Lipinski definition) is 4. The van der Waals surface area contributed by atoms with E-state index >= 15 is 0 Å². The molecule has 10 heteroatoms. The minimum absolute atomic E-state index is 0.406. The van der Waals surface area contributed by atoms with Gasteiger partial charge in [0.25, 0.3) is 0 Å². The molecular weight excluding hydrogens is 315 g/mol. The van der Waals surface area contributed by atoms with Gasteiger partial charge in [0, 0.05) is 0 Å². The van der Waals surface area contributed by atoms with Gasteiger partial charge in [-0.3, -0.25) is 13.8 Å². The molecular formula is C12H25N2O7P. The number of carbonyl (C=O) groups is 2. The minimum atomic E-state index is -3.74.